The molecule has 12 rings (SSSR count). The van der Waals surface area contributed by atoms with Crippen molar-refractivity contribution in [1.82, 2.24) is 28.7 Å². The van der Waals surface area contributed by atoms with E-state index in [0.717, 1.165) is 55.3 Å². The summed E-state index contributed by atoms with van der Waals surface area (Å²) < 4.78 is 6.93. The molecule has 0 N–H and O–H groups in total. The summed E-state index contributed by atoms with van der Waals surface area (Å²) in [7, 11) is 0. The zero-order valence-corrected chi connectivity index (χ0v) is 30.7. The summed E-state index contributed by atoms with van der Waals surface area (Å²) in [6.45, 7) is 0. The molecular formula is C51H32N6. The molecule has 57 heavy (non-hydrogen) atoms. The van der Waals surface area contributed by atoms with Gasteiger partial charge in [-0.1, -0.05) is 133 Å². The summed E-state index contributed by atoms with van der Waals surface area (Å²) in [4.78, 5) is 15.5. The SMILES string of the molecule is c1ccc(-c2nc(-c3cccc(-n4c5ccccc5c5cc6c(cc54)c4ccccc4n6-c4ccccc4)c3)nc(-n3c4ccccc4c4ccccc43)n2)cc1. The Labute approximate surface area is 327 Å². The van der Waals surface area contributed by atoms with Gasteiger partial charge in [0, 0.05) is 54.8 Å². The molecule has 4 aromatic heterocycles. The van der Waals surface area contributed by atoms with E-state index in [1.54, 1.807) is 0 Å². The Kier molecular flexibility index (Phi) is 6.83. The van der Waals surface area contributed by atoms with E-state index in [1.165, 1.54) is 32.6 Å². The highest BCUT2D eigenvalue weighted by atomic mass is 15.2. The van der Waals surface area contributed by atoms with Crippen LogP contribution in [0.5, 0.6) is 0 Å². The van der Waals surface area contributed by atoms with Crippen LogP contribution in [-0.4, -0.2) is 28.7 Å². The topological polar surface area (TPSA) is 53.5 Å². The zero-order valence-electron chi connectivity index (χ0n) is 30.7. The summed E-state index contributed by atoms with van der Waals surface area (Å²) in [5, 5.41) is 7.15. The van der Waals surface area contributed by atoms with E-state index in [-0.39, 0.29) is 0 Å². The van der Waals surface area contributed by atoms with E-state index in [2.05, 4.69) is 190 Å². The molecule has 0 aliphatic heterocycles. The van der Waals surface area contributed by atoms with Crippen LogP contribution in [0.1, 0.15) is 0 Å². The van der Waals surface area contributed by atoms with Crippen LogP contribution >= 0.6 is 0 Å². The first kappa shape index (κ1) is 31.5. The van der Waals surface area contributed by atoms with Gasteiger partial charge in [0.15, 0.2) is 11.6 Å². The van der Waals surface area contributed by atoms with Crippen molar-refractivity contribution in [1.29, 1.82) is 0 Å². The van der Waals surface area contributed by atoms with Crippen LogP contribution in [-0.2, 0) is 0 Å². The number of aromatic nitrogens is 6. The molecule has 0 saturated carbocycles. The molecule has 0 aliphatic carbocycles. The molecule has 0 saturated heterocycles. The highest BCUT2D eigenvalue weighted by Crippen LogP contribution is 2.40. The monoisotopic (exact) mass is 728 g/mol. The van der Waals surface area contributed by atoms with Crippen LogP contribution in [0.4, 0.5) is 0 Å². The Morgan fingerprint density at radius 1 is 0.263 bits per heavy atom. The molecule has 0 atom stereocenters. The molecular weight excluding hydrogens is 697 g/mol. The lowest BCUT2D eigenvalue weighted by atomic mass is 10.1. The van der Waals surface area contributed by atoms with E-state index in [1.807, 2.05) is 18.2 Å². The molecule has 12 aromatic rings. The van der Waals surface area contributed by atoms with Gasteiger partial charge in [-0.25, -0.2) is 4.98 Å². The summed E-state index contributed by atoms with van der Waals surface area (Å²) >= 11 is 0. The van der Waals surface area contributed by atoms with Crippen LogP contribution in [0.15, 0.2) is 194 Å². The fraction of sp³-hybridized carbons (Fsp3) is 0. The van der Waals surface area contributed by atoms with Crippen molar-refractivity contribution < 1.29 is 0 Å². The van der Waals surface area contributed by atoms with Gasteiger partial charge in [-0.2, -0.15) is 9.97 Å². The van der Waals surface area contributed by atoms with Crippen LogP contribution in [0.3, 0.4) is 0 Å². The lowest BCUT2D eigenvalue weighted by Crippen LogP contribution is -2.06. The normalized spacial score (nSPS) is 11.9. The van der Waals surface area contributed by atoms with Gasteiger partial charge in [-0.15, -0.1) is 0 Å². The standard InChI is InChI=1S/C51H32N6/c1-3-16-33(17-4-1)49-52-50(54-51(53-49)57-45-28-13-7-22-37(45)38-23-8-14-29-46(38)57)34-18-15-21-36(30-34)56-44-27-12-10-25-40(44)42-31-47-41(32-48(42)56)39-24-9-11-26-43(39)55(47)35-19-5-2-6-20-35/h1-32H. The average molecular weight is 729 g/mol. The fourth-order valence-electron chi connectivity index (χ4n) is 8.80. The van der Waals surface area contributed by atoms with Crippen molar-refractivity contribution in [3.8, 4) is 40.1 Å². The molecule has 0 bridgehead atoms. The van der Waals surface area contributed by atoms with Gasteiger partial charge in [-0.05, 0) is 60.7 Å². The van der Waals surface area contributed by atoms with Gasteiger partial charge in [0.05, 0.1) is 33.1 Å². The molecule has 266 valence electrons. The molecule has 0 fully saturated rings. The summed E-state index contributed by atoms with van der Waals surface area (Å²) in [5.41, 5.74) is 10.8. The fourth-order valence-corrected chi connectivity index (χ4v) is 8.80. The Morgan fingerprint density at radius 2 is 0.667 bits per heavy atom. The zero-order chi connectivity index (χ0) is 37.5. The van der Waals surface area contributed by atoms with Crippen molar-refractivity contribution >= 4 is 65.4 Å². The van der Waals surface area contributed by atoms with Gasteiger partial charge >= 0.3 is 0 Å². The third kappa shape index (κ3) is 4.81. The van der Waals surface area contributed by atoms with Gasteiger partial charge < -0.3 is 9.13 Å². The second-order valence-corrected chi connectivity index (χ2v) is 14.5. The Hall–Kier alpha value is -7.83. The minimum Gasteiger partial charge on any atom is -0.309 e. The Balaban J connectivity index is 1.10. The highest BCUT2D eigenvalue weighted by molar-refractivity contribution is 6.19. The third-order valence-corrected chi connectivity index (χ3v) is 11.3. The van der Waals surface area contributed by atoms with Crippen molar-refractivity contribution in [3.05, 3.63) is 194 Å². The summed E-state index contributed by atoms with van der Waals surface area (Å²) in [6, 6.07) is 68.5. The maximum Gasteiger partial charge on any atom is 0.238 e. The van der Waals surface area contributed by atoms with E-state index in [0.29, 0.717) is 17.6 Å². The van der Waals surface area contributed by atoms with E-state index in [4.69, 9.17) is 15.0 Å². The second kappa shape index (κ2) is 12.3. The first-order valence-corrected chi connectivity index (χ1v) is 19.2. The Morgan fingerprint density at radius 3 is 1.23 bits per heavy atom. The average Bonchev–Trinajstić information content (AvgIpc) is 3.91. The summed E-state index contributed by atoms with van der Waals surface area (Å²) in [6.07, 6.45) is 0. The van der Waals surface area contributed by atoms with Gasteiger partial charge in [-0.3, -0.25) is 4.57 Å². The molecule has 0 unspecified atom stereocenters. The van der Waals surface area contributed by atoms with Gasteiger partial charge in [0.1, 0.15) is 0 Å². The van der Waals surface area contributed by atoms with Crippen LogP contribution in [0.25, 0.3) is 106 Å². The molecule has 0 radical (unpaired) electrons. The van der Waals surface area contributed by atoms with E-state index >= 15 is 0 Å². The van der Waals surface area contributed by atoms with Crippen molar-refractivity contribution in [2.24, 2.45) is 0 Å². The molecule has 8 aromatic carbocycles. The maximum atomic E-state index is 5.25. The quantitative estimate of drug-likeness (QED) is 0.177. The Bertz CT molecular complexity index is 3470. The maximum absolute atomic E-state index is 5.25. The molecule has 0 spiro atoms. The van der Waals surface area contributed by atoms with E-state index in [9.17, 15) is 0 Å². The smallest absolute Gasteiger partial charge is 0.238 e. The number of hydrogen-bond donors (Lipinski definition) is 0. The lowest BCUT2D eigenvalue weighted by molar-refractivity contribution is 0.953. The lowest BCUT2D eigenvalue weighted by Gasteiger charge is -2.13. The highest BCUT2D eigenvalue weighted by Gasteiger charge is 2.21. The number of para-hydroxylation sites is 5. The van der Waals surface area contributed by atoms with Gasteiger partial charge in [0.25, 0.3) is 0 Å². The number of hydrogen-bond acceptors (Lipinski definition) is 3. The first-order valence-electron chi connectivity index (χ1n) is 19.2. The predicted octanol–water partition coefficient (Wildman–Crippen LogP) is 12.5. The van der Waals surface area contributed by atoms with Crippen LogP contribution < -0.4 is 0 Å². The van der Waals surface area contributed by atoms with Crippen LogP contribution in [0, 0.1) is 0 Å². The molecule has 6 nitrogen and oxygen atoms in total. The first-order chi connectivity index (χ1) is 28.3. The summed E-state index contributed by atoms with van der Waals surface area (Å²) in [5.74, 6) is 1.81. The van der Waals surface area contributed by atoms with Gasteiger partial charge in [0.2, 0.25) is 5.95 Å². The molecule has 0 aliphatic rings. The minimum absolute atomic E-state index is 0.579. The van der Waals surface area contributed by atoms with Crippen LogP contribution in [0.2, 0.25) is 0 Å². The molecule has 4 heterocycles. The second-order valence-electron chi connectivity index (χ2n) is 14.5. The van der Waals surface area contributed by atoms with Crippen molar-refractivity contribution in [2.45, 2.75) is 0 Å². The predicted molar refractivity (Wildman–Crippen MR) is 234 cm³/mol. The van der Waals surface area contributed by atoms with E-state index < -0.39 is 0 Å². The minimum atomic E-state index is 0.579. The number of benzene rings is 8. The number of nitrogens with zero attached hydrogens (tertiary/aromatic N) is 6. The van der Waals surface area contributed by atoms with Crippen molar-refractivity contribution in [2.75, 3.05) is 0 Å². The number of rotatable bonds is 5. The largest absolute Gasteiger partial charge is 0.309 e. The number of fused-ring (bicyclic) bond motifs is 9. The molecule has 0 amide bonds. The third-order valence-electron chi connectivity index (χ3n) is 11.3. The van der Waals surface area contributed by atoms with Crippen molar-refractivity contribution in [3.63, 3.8) is 0 Å². The molecule has 6 heteroatoms.